The van der Waals surface area contributed by atoms with Crippen molar-refractivity contribution in [1.82, 2.24) is 29.7 Å². The lowest BCUT2D eigenvalue weighted by Crippen LogP contribution is -2.55. The molecule has 4 heterocycles. The Labute approximate surface area is 216 Å². The molecule has 0 spiro atoms. The van der Waals surface area contributed by atoms with Gasteiger partial charge in [-0.15, -0.1) is 5.10 Å². The second-order valence-corrected chi connectivity index (χ2v) is 10.4. The Morgan fingerprint density at radius 1 is 1.00 bits per heavy atom. The Kier molecular flexibility index (Phi) is 6.06. The van der Waals surface area contributed by atoms with Gasteiger partial charge in [-0.3, -0.25) is 9.89 Å². The van der Waals surface area contributed by atoms with E-state index in [4.69, 9.17) is 10.1 Å². The van der Waals surface area contributed by atoms with E-state index >= 15 is 0 Å². The Balaban J connectivity index is 1.21. The second-order valence-electron chi connectivity index (χ2n) is 10.4. The van der Waals surface area contributed by atoms with Crippen LogP contribution < -0.4 is 10.2 Å². The summed E-state index contributed by atoms with van der Waals surface area (Å²) in [7, 11) is 0. The van der Waals surface area contributed by atoms with E-state index in [1.165, 1.54) is 17.5 Å². The quantitative estimate of drug-likeness (QED) is 0.425. The molecule has 1 aromatic carbocycles. The lowest BCUT2D eigenvalue weighted by atomic mass is 9.68. The summed E-state index contributed by atoms with van der Waals surface area (Å²) in [5.74, 6) is 2.36. The van der Waals surface area contributed by atoms with Gasteiger partial charge in [0.15, 0.2) is 11.6 Å². The first kappa shape index (κ1) is 23.5. The Hall–Kier alpha value is -3.88. The number of aromatic nitrogens is 5. The van der Waals surface area contributed by atoms with Crippen molar-refractivity contribution in [3.05, 3.63) is 65.5 Å². The first-order valence-electron chi connectivity index (χ1n) is 13.3. The number of fused-ring (bicyclic) bond motifs is 1. The minimum absolute atomic E-state index is 0.286. The van der Waals surface area contributed by atoms with Gasteiger partial charge in [0, 0.05) is 44.1 Å². The van der Waals surface area contributed by atoms with Crippen LogP contribution in [-0.4, -0.2) is 61.8 Å². The smallest absolute Gasteiger partial charge is 0.245 e. The van der Waals surface area contributed by atoms with Crippen molar-refractivity contribution in [2.75, 3.05) is 36.4 Å². The van der Waals surface area contributed by atoms with Gasteiger partial charge in [0.2, 0.25) is 11.9 Å². The number of carbonyl (C=O) groups excluding carboxylic acids is 1. The third-order valence-corrected chi connectivity index (χ3v) is 7.90. The number of piperazine rings is 1. The van der Waals surface area contributed by atoms with E-state index in [9.17, 15) is 4.79 Å². The topological polar surface area (TPSA) is 94.5 Å². The van der Waals surface area contributed by atoms with Gasteiger partial charge in [0.25, 0.3) is 0 Å². The molecule has 9 nitrogen and oxygen atoms in total. The van der Waals surface area contributed by atoms with Gasteiger partial charge in [-0.05, 0) is 44.4 Å². The molecule has 2 aliphatic rings. The maximum atomic E-state index is 14.1. The standard InChI is InChI=1S/C28H34N8O/c1-20-8-10-22(11-9-20)28(12-4-3-5-13-28)26(37)34-15-17-35(18-16-34)27-30-25(23-7-6-14-36(23)33-27)29-24-19-21(2)31-32-24/h6-11,14,19H,3-5,12-13,15-18H2,1-2H3,(H2,29,30,31,32,33). The minimum atomic E-state index is -0.395. The number of benzene rings is 1. The highest BCUT2D eigenvalue weighted by Crippen LogP contribution is 2.41. The SMILES string of the molecule is Cc1ccc(C2(C(=O)N3CCN(c4nc(Nc5cc(C)[nH]n5)c5cccn5n4)CC3)CCCCC2)cc1. The fraction of sp³-hybridized carbons (Fsp3) is 0.429. The number of nitrogens with zero attached hydrogens (tertiary/aromatic N) is 6. The summed E-state index contributed by atoms with van der Waals surface area (Å²) in [6, 6.07) is 14.5. The van der Waals surface area contributed by atoms with Gasteiger partial charge in [-0.1, -0.05) is 49.1 Å². The van der Waals surface area contributed by atoms with Crippen molar-refractivity contribution < 1.29 is 4.79 Å². The maximum Gasteiger partial charge on any atom is 0.245 e. The average molecular weight is 499 g/mol. The summed E-state index contributed by atoms with van der Waals surface area (Å²) in [5.41, 5.74) is 3.87. The molecule has 4 aromatic rings. The number of rotatable bonds is 5. The fourth-order valence-corrected chi connectivity index (χ4v) is 5.82. The molecule has 2 fully saturated rings. The van der Waals surface area contributed by atoms with E-state index in [-0.39, 0.29) is 5.91 Å². The molecule has 0 radical (unpaired) electrons. The number of hydrogen-bond donors (Lipinski definition) is 2. The summed E-state index contributed by atoms with van der Waals surface area (Å²) in [6.07, 6.45) is 7.22. The van der Waals surface area contributed by atoms with Gasteiger partial charge in [0.1, 0.15) is 5.52 Å². The second kappa shape index (κ2) is 9.53. The zero-order chi connectivity index (χ0) is 25.4. The highest BCUT2D eigenvalue weighted by atomic mass is 16.2. The summed E-state index contributed by atoms with van der Waals surface area (Å²) >= 11 is 0. The summed E-state index contributed by atoms with van der Waals surface area (Å²) in [4.78, 5) is 23.2. The number of carbonyl (C=O) groups is 1. The zero-order valence-corrected chi connectivity index (χ0v) is 21.6. The molecule has 37 heavy (non-hydrogen) atoms. The monoisotopic (exact) mass is 498 g/mol. The fourth-order valence-electron chi connectivity index (χ4n) is 5.82. The molecular formula is C28H34N8O. The Morgan fingerprint density at radius 2 is 1.76 bits per heavy atom. The molecule has 1 saturated carbocycles. The molecule has 1 saturated heterocycles. The van der Waals surface area contributed by atoms with Crippen LogP contribution in [0.15, 0.2) is 48.7 Å². The van der Waals surface area contributed by atoms with E-state index in [1.54, 1.807) is 0 Å². The lowest BCUT2D eigenvalue weighted by molar-refractivity contribution is -0.139. The highest BCUT2D eigenvalue weighted by Gasteiger charge is 2.44. The molecule has 1 aliphatic heterocycles. The van der Waals surface area contributed by atoms with Crippen LogP contribution >= 0.6 is 0 Å². The molecule has 0 unspecified atom stereocenters. The first-order valence-corrected chi connectivity index (χ1v) is 13.3. The highest BCUT2D eigenvalue weighted by molar-refractivity contribution is 5.88. The molecule has 0 bridgehead atoms. The zero-order valence-electron chi connectivity index (χ0n) is 21.6. The van der Waals surface area contributed by atoms with Crippen molar-refractivity contribution in [2.24, 2.45) is 0 Å². The van der Waals surface area contributed by atoms with Gasteiger partial charge in [0.05, 0.1) is 5.41 Å². The number of H-pyrrole nitrogens is 1. The summed E-state index contributed by atoms with van der Waals surface area (Å²) < 4.78 is 1.84. The van der Waals surface area contributed by atoms with E-state index in [0.29, 0.717) is 37.9 Å². The number of aryl methyl sites for hydroxylation is 2. The van der Waals surface area contributed by atoms with Gasteiger partial charge >= 0.3 is 0 Å². The van der Waals surface area contributed by atoms with Crippen LogP contribution in [-0.2, 0) is 10.2 Å². The lowest BCUT2D eigenvalue weighted by Gasteiger charge is -2.43. The van der Waals surface area contributed by atoms with Crippen LogP contribution in [0.25, 0.3) is 5.52 Å². The Bertz CT molecular complexity index is 1390. The van der Waals surface area contributed by atoms with Crippen molar-refractivity contribution in [3.63, 3.8) is 0 Å². The molecule has 3 aromatic heterocycles. The first-order chi connectivity index (χ1) is 18.0. The number of hydrogen-bond acceptors (Lipinski definition) is 6. The molecule has 2 N–H and O–H groups in total. The molecule has 6 rings (SSSR count). The van der Waals surface area contributed by atoms with E-state index in [2.05, 4.69) is 56.5 Å². The predicted molar refractivity (Wildman–Crippen MR) is 144 cm³/mol. The van der Waals surface area contributed by atoms with Crippen LogP contribution in [0.1, 0.15) is 48.9 Å². The van der Waals surface area contributed by atoms with Crippen LogP contribution in [0, 0.1) is 13.8 Å². The Morgan fingerprint density at radius 3 is 2.46 bits per heavy atom. The van der Waals surface area contributed by atoms with Gasteiger partial charge < -0.3 is 15.1 Å². The minimum Gasteiger partial charge on any atom is -0.338 e. The third kappa shape index (κ3) is 4.43. The number of amides is 1. The maximum absolute atomic E-state index is 14.1. The van der Waals surface area contributed by atoms with Crippen molar-refractivity contribution >= 4 is 29.0 Å². The summed E-state index contributed by atoms with van der Waals surface area (Å²) in [5, 5.41) is 15.3. The van der Waals surface area contributed by atoms with Crippen LogP contribution in [0.3, 0.4) is 0 Å². The van der Waals surface area contributed by atoms with Crippen LogP contribution in [0.2, 0.25) is 0 Å². The van der Waals surface area contributed by atoms with Crippen LogP contribution in [0.4, 0.5) is 17.6 Å². The van der Waals surface area contributed by atoms with Gasteiger partial charge in [-0.25, -0.2) is 4.52 Å². The van der Waals surface area contributed by atoms with E-state index in [0.717, 1.165) is 42.7 Å². The third-order valence-electron chi connectivity index (χ3n) is 7.90. The summed E-state index contributed by atoms with van der Waals surface area (Å²) in [6.45, 7) is 6.80. The molecule has 9 heteroatoms. The van der Waals surface area contributed by atoms with E-state index < -0.39 is 5.41 Å². The predicted octanol–water partition coefficient (Wildman–Crippen LogP) is 4.36. The number of nitrogens with one attached hydrogen (secondary N) is 2. The van der Waals surface area contributed by atoms with Crippen molar-refractivity contribution in [1.29, 1.82) is 0 Å². The van der Waals surface area contributed by atoms with Gasteiger partial charge in [-0.2, -0.15) is 10.1 Å². The van der Waals surface area contributed by atoms with Crippen LogP contribution in [0.5, 0.6) is 0 Å². The van der Waals surface area contributed by atoms with Crippen molar-refractivity contribution in [3.8, 4) is 0 Å². The number of anilines is 3. The van der Waals surface area contributed by atoms with E-state index in [1.807, 2.05) is 35.8 Å². The molecule has 1 amide bonds. The molecule has 192 valence electrons. The van der Waals surface area contributed by atoms with Crippen molar-refractivity contribution in [2.45, 2.75) is 51.4 Å². The normalized spacial score (nSPS) is 17.8. The molecular weight excluding hydrogens is 464 g/mol. The molecule has 0 atom stereocenters. The molecule has 1 aliphatic carbocycles. The largest absolute Gasteiger partial charge is 0.338 e. The average Bonchev–Trinajstić information content (AvgIpc) is 3.58. The number of aromatic amines is 1.